The fraction of sp³-hybridized carbons (Fsp3) is 0.0400. The van der Waals surface area contributed by atoms with E-state index in [0.717, 1.165) is 39.2 Å². The third kappa shape index (κ3) is 7.18. The van der Waals surface area contributed by atoms with Gasteiger partial charge in [0.15, 0.2) is 0 Å². The molecule has 7 aromatic carbocycles. The summed E-state index contributed by atoms with van der Waals surface area (Å²) < 4.78 is 47.2. The van der Waals surface area contributed by atoms with E-state index in [4.69, 9.17) is 13.2 Å². The number of benzene rings is 7. The molecule has 3 heterocycles. The number of nitrogens with zero attached hydrogens (tertiary/aromatic N) is 3. The first-order chi connectivity index (χ1) is 29.0. The molecule has 0 N–H and O–H groups in total. The molecule has 0 aliphatic heterocycles. The van der Waals surface area contributed by atoms with Gasteiger partial charge >= 0.3 is 0 Å². The Morgan fingerprint density at radius 3 is 1.95 bits per heavy atom. The predicted octanol–water partition coefficient (Wildman–Crippen LogP) is 13.4. The molecule has 0 aliphatic rings. The number of hydrogen-bond donors (Lipinski definition) is 0. The third-order valence-corrected chi connectivity index (χ3v) is 10.3. The van der Waals surface area contributed by atoms with Gasteiger partial charge in [-0.05, 0) is 52.1 Å². The summed E-state index contributed by atoms with van der Waals surface area (Å²) in [6.45, 7) is -4.34. The first kappa shape index (κ1) is 29.4. The number of para-hydroxylation sites is 3. The van der Waals surface area contributed by atoms with Crippen molar-refractivity contribution in [3.05, 3.63) is 199 Å². The number of aryl methyl sites for hydroxylation is 2. The Labute approximate surface area is 347 Å². The summed E-state index contributed by atoms with van der Waals surface area (Å²) in [5, 5.41) is 7.30. The number of thiophene rings is 1. The second kappa shape index (κ2) is 15.8. The van der Waals surface area contributed by atoms with Crippen LogP contribution < -0.4 is 0 Å². The summed E-state index contributed by atoms with van der Waals surface area (Å²) >= 11 is 1.66. The van der Waals surface area contributed by atoms with E-state index in [2.05, 4.69) is 161 Å². The van der Waals surface area contributed by atoms with Crippen molar-refractivity contribution >= 4 is 43.2 Å². The molecule has 0 aliphatic carbocycles. The Morgan fingerprint density at radius 2 is 1.29 bits per heavy atom. The van der Waals surface area contributed by atoms with Gasteiger partial charge in [0, 0.05) is 45.7 Å². The van der Waals surface area contributed by atoms with Crippen LogP contribution in [0.15, 0.2) is 176 Å². The molecule has 0 spiro atoms. The Bertz CT molecular complexity index is 2990. The fourth-order valence-corrected chi connectivity index (χ4v) is 7.74. The molecular formula is C50H35IrN3S-2. The van der Waals surface area contributed by atoms with Crippen molar-refractivity contribution in [1.82, 2.24) is 14.5 Å². The number of imidazole rings is 1. The van der Waals surface area contributed by atoms with Gasteiger partial charge in [0.25, 0.3) is 0 Å². The monoisotopic (exact) mass is 908 g/mol. The van der Waals surface area contributed by atoms with Crippen molar-refractivity contribution in [3.63, 3.8) is 0 Å². The van der Waals surface area contributed by atoms with Crippen LogP contribution >= 0.6 is 11.3 Å². The topological polar surface area (TPSA) is 30.7 Å². The van der Waals surface area contributed by atoms with Crippen LogP contribution in [0.5, 0.6) is 0 Å². The van der Waals surface area contributed by atoms with Crippen LogP contribution in [0.4, 0.5) is 0 Å². The van der Waals surface area contributed by atoms with E-state index in [1.807, 2.05) is 0 Å². The van der Waals surface area contributed by atoms with E-state index in [1.54, 1.807) is 23.5 Å². The molecule has 0 saturated heterocycles. The smallest absolute Gasteiger partial charge is 0.0774 e. The molecule has 55 heavy (non-hydrogen) atoms. The largest absolute Gasteiger partial charge is 0.332 e. The Kier molecular flexibility index (Phi) is 8.44. The van der Waals surface area contributed by atoms with Crippen LogP contribution in [0.1, 0.15) is 19.4 Å². The summed E-state index contributed by atoms with van der Waals surface area (Å²) in [6, 6.07) is 59.9. The van der Waals surface area contributed by atoms with Gasteiger partial charge < -0.3 is 9.55 Å². The predicted molar refractivity (Wildman–Crippen MR) is 227 cm³/mol. The quantitative estimate of drug-likeness (QED) is 0.161. The van der Waals surface area contributed by atoms with Crippen LogP contribution in [-0.4, -0.2) is 14.5 Å². The molecule has 0 bridgehead atoms. The molecule has 10 rings (SSSR count). The van der Waals surface area contributed by atoms with E-state index >= 15 is 0 Å². The first-order valence-corrected chi connectivity index (χ1v) is 18.4. The second-order valence-electron chi connectivity index (χ2n) is 12.9. The van der Waals surface area contributed by atoms with Crippen LogP contribution in [0, 0.1) is 25.2 Å². The second-order valence-corrected chi connectivity index (χ2v) is 13.7. The summed E-state index contributed by atoms with van der Waals surface area (Å²) in [5.41, 5.74) is 10.4. The Morgan fingerprint density at radius 1 is 0.636 bits per heavy atom. The molecule has 0 fully saturated rings. The van der Waals surface area contributed by atoms with E-state index in [-0.39, 0.29) is 31.2 Å². The molecule has 0 saturated carbocycles. The molecule has 1 radical (unpaired) electrons. The normalized spacial score (nSPS) is 13.0. The van der Waals surface area contributed by atoms with Gasteiger partial charge in [-0.1, -0.05) is 162 Å². The molecule has 0 amide bonds. The molecule has 10 aromatic rings. The summed E-state index contributed by atoms with van der Waals surface area (Å²) in [6.07, 6.45) is 1.30. The minimum atomic E-state index is -2.18. The maximum atomic E-state index is 7.28. The zero-order valence-corrected chi connectivity index (χ0v) is 32.5. The number of hydrogen-bond acceptors (Lipinski definition) is 3. The van der Waals surface area contributed by atoms with Gasteiger partial charge in [-0.3, -0.25) is 16.3 Å². The van der Waals surface area contributed by atoms with E-state index in [0.29, 0.717) is 11.3 Å². The molecule has 0 atom stereocenters. The summed E-state index contributed by atoms with van der Waals surface area (Å²) in [4.78, 5) is 9.35. The fourth-order valence-electron chi connectivity index (χ4n) is 6.87. The molecule has 5 heteroatoms. The van der Waals surface area contributed by atoms with E-state index in [1.165, 1.54) is 56.4 Å². The van der Waals surface area contributed by atoms with Crippen molar-refractivity contribution in [2.24, 2.45) is 0 Å². The summed E-state index contributed by atoms with van der Waals surface area (Å²) in [7, 11) is 0. The van der Waals surface area contributed by atoms with Crippen molar-refractivity contribution in [1.29, 1.82) is 0 Å². The third-order valence-electron chi connectivity index (χ3n) is 9.45. The average molecular weight is 908 g/mol. The van der Waals surface area contributed by atoms with Gasteiger partial charge in [-0.25, -0.2) is 0 Å². The van der Waals surface area contributed by atoms with Gasteiger partial charge in [-0.2, -0.15) is 0 Å². The number of aromatic nitrogens is 3. The SMILES string of the molecule is [2H]C([2H])([2H])c1c[c-]c(-c2ccc(C([2H])([2H])[2H])cn2)cc1.[Ir].[c-]1sc2cc3ccccc3cc2c1-c1nc2ccccc2n1-c1c(-c2ccccc2)cccc1-c1ccccc1. The van der Waals surface area contributed by atoms with Crippen molar-refractivity contribution in [2.75, 3.05) is 0 Å². The zero-order valence-electron chi connectivity index (χ0n) is 35.3. The van der Waals surface area contributed by atoms with Gasteiger partial charge in [0.05, 0.1) is 22.5 Å². The van der Waals surface area contributed by atoms with Crippen LogP contribution in [0.25, 0.3) is 82.5 Å². The van der Waals surface area contributed by atoms with Gasteiger partial charge in [0.1, 0.15) is 0 Å². The standard InChI is InChI=1S/C37H23N2S.C13H12N.Ir/c1-3-12-25(13-4-1)29-18-11-19-30(26-14-5-2-6-15-26)36(29)39-34-21-10-9-20-33(34)38-37(39)32-24-40-35-23-28-17-8-7-16-27(28)22-31(32)35;1-10-3-6-12(7-4-10)13-8-5-11(2)9-14-13;/h1-23H;3-6,8-9H,1-2H3;/q2*-1;/i;1D3,2D3;. The number of pyridine rings is 1. The first-order valence-electron chi connectivity index (χ1n) is 20.6. The van der Waals surface area contributed by atoms with Gasteiger partial charge in [-0.15, -0.1) is 40.8 Å². The molecular weight excluding hydrogens is 867 g/mol. The Balaban J connectivity index is 0.000000208. The molecule has 0 unspecified atom stereocenters. The van der Waals surface area contributed by atoms with E-state index < -0.39 is 13.7 Å². The molecule has 3 aromatic heterocycles. The minimum Gasteiger partial charge on any atom is -0.332 e. The summed E-state index contributed by atoms with van der Waals surface area (Å²) in [5.74, 6) is 0.906. The number of rotatable bonds is 5. The molecule has 3 nitrogen and oxygen atoms in total. The van der Waals surface area contributed by atoms with E-state index in [9.17, 15) is 0 Å². The minimum absolute atomic E-state index is 0. The number of fused-ring (bicyclic) bond motifs is 3. The maximum absolute atomic E-state index is 7.28. The van der Waals surface area contributed by atoms with Crippen molar-refractivity contribution < 1.29 is 28.3 Å². The van der Waals surface area contributed by atoms with Crippen LogP contribution in [0.2, 0.25) is 0 Å². The average Bonchev–Trinajstić information content (AvgIpc) is 3.86. The van der Waals surface area contributed by atoms with Crippen molar-refractivity contribution in [3.8, 4) is 50.6 Å². The van der Waals surface area contributed by atoms with Crippen LogP contribution in [-0.2, 0) is 20.1 Å². The zero-order chi connectivity index (χ0) is 41.4. The maximum Gasteiger partial charge on any atom is 0.0774 e. The Hall–Kier alpha value is -5.97. The van der Waals surface area contributed by atoms with Crippen molar-refractivity contribution in [2.45, 2.75) is 13.7 Å². The van der Waals surface area contributed by atoms with Gasteiger partial charge in [0.2, 0.25) is 0 Å². The molecule has 267 valence electrons. The van der Waals surface area contributed by atoms with Crippen LogP contribution in [0.3, 0.4) is 0 Å².